The number of benzene rings is 1. The van der Waals surface area contributed by atoms with Crippen molar-refractivity contribution in [3.63, 3.8) is 0 Å². The summed E-state index contributed by atoms with van der Waals surface area (Å²) in [6.07, 6.45) is 3.71. The van der Waals surface area contributed by atoms with Crippen LogP contribution in [0, 0.1) is 6.92 Å². The molecule has 0 bridgehead atoms. The van der Waals surface area contributed by atoms with E-state index in [0.29, 0.717) is 0 Å². The standard InChI is InChI=1S/C15H17BrN2O/c1-11-8-17-6-5-12(11)9-18-10-13-7-14(16)3-4-15(13)19-2/h3-8,18H,9-10H2,1-2H3. The predicted molar refractivity (Wildman–Crippen MR) is 80.2 cm³/mol. The zero-order valence-electron chi connectivity index (χ0n) is 11.1. The number of hydrogen-bond donors (Lipinski definition) is 1. The molecule has 0 spiro atoms. The number of aryl methyl sites for hydroxylation is 1. The number of nitrogens with zero attached hydrogens (tertiary/aromatic N) is 1. The topological polar surface area (TPSA) is 34.1 Å². The van der Waals surface area contributed by atoms with Crippen molar-refractivity contribution in [3.8, 4) is 5.75 Å². The number of nitrogens with one attached hydrogen (secondary N) is 1. The number of hydrogen-bond acceptors (Lipinski definition) is 3. The molecule has 0 atom stereocenters. The van der Waals surface area contributed by atoms with Crippen molar-refractivity contribution in [1.82, 2.24) is 10.3 Å². The van der Waals surface area contributed by atoms with E-state index in [2.05, 4.69) is 39.2 Å². The molecule has 3 nitrogen and oxygen atoms in total. The molecule has 2 aromatic rings. The lowest BCUT2D eigenvalue weighted by molar-refractivity contribution is 0.407. The minimum atomic E-state index is 0.768. The van der Waals surface area contributed by atoms with E-state index < -0.39 is 0 Å². The first-order chi connectivity index (χ1) is 9.20. The van der Waals surface area contributed by atoms with Gasteiger partial charge in [-0.15, -0.1) is 0 Å². The molecule has 0 saturated heterocycles. The van der Waals surface area contributed by atoms with Gasteiger partial charge in [-0.25, -0.2) is 0 Å². The largest absolute Gasteiger partial charge is 0.496 e. The van der Waals surface area contributed by atoms with Crippen LogP contribution < -0.4 is 10.1 Å². The number of methoxy groups -OCH3 is 1. The molecule has 0 radical (unpaired) electrons. The maximum absolute atomic E-state index is 5.36. The Kier molecular flexibility index (Phi) is 4.93. The Bertz CT molecular complexity index is 558. The van der Waals surface area contributed by atoms with E-state index in [9.17, 15) is 0 Å². The lowest BCUT2D eigenvalue weighted by atomic mass is 10.1. The summed E-state index contributed by atoms with van der Waals surface area (Å²) in [6.45, 7) is 3.66. The molecule has 0 fully saturated rings. The molecule has 0 saturated carbocycles. The highest BCUT2D eigenvalue weighted by atomic mass is 79.9. The molecule has 0 aliphatic rings. The summed E-state index contributed by atoms with van der Waals surface area (Å²) in [6, 6.07) is 8.07. The van der Waals surface area contributed by atoms with Gasteiger partial charge in [0.2, 0.25) is 0 Å². The van der Waals surface area contributed by atoms with Crippen LogP contribution in [0.15, 0.2) is 41.1 Å². The van der Waals surface area contributed by atoms with Crippen LogP contribution in [0.3, 0.4) is 0 Å². The monoisotopic (exact) mass is 320 g/mol. The molecular weight excluding hydrogens is 304 g/mol. The van der Waals surface area contributed by atoms with Crippen molar-refractivity contribution in [1.29, 1.82) is 0 Å². The second-order valence-electron chi connectivity index (χ2n) is 4.36. The van der Waals surface area contributed by atoms with E-state index >= 15 is 0 Å². The normalized spacial score (nSPS) is 10.5. The maximum atomic E-state index is 5.36. The Balaban J connectivity index is 2.00. The fourth-order valence-corrected chi connectivity index (χ4v) is 2.33. The summed E-state index contributed by atoms with van der Waals surface area (Å²) >= 11 is 3.48. The molecule has 100 valence electrons. The van der Waals surface area contributed by atoms with Crippen LogP contribution in [0.5, 0.6) is 5.75 Å². The highest BCUT2D eigenvalue weighted by molar-refractivity contribution is 9.10. The third-order valence-corrected chi connectivity index (χ3v) is 3.50. The van der Waals surface area contributed by atoms with Crippen molar-refractivity contribution in [2.75, 3.05) is 7.11 Å². The number of halogens is 1. The first kappa shape index (κ1) is 14.0. The molecule has 1 N–H and O–H groups in total. The van der Waals surface area contributed by atoms with Crippen LogP contribution in [0.2, 0.25) is 0 Å². The van der Waals surface area contributed by atoms with Crippen molar-refractivity contribution in [3.05, 3.63) is 57.8 Å². The molecule has 0 aliphatic carbocycles. The zero-order valence-corrected chi connectivity index (χ0v) is 12.7. The Labute approximate surface area is 122 Å². The van der Waals surface area contributed by atoms with Crippen molar-refractivity contribution in [2.24, 2.45) is 0 Å². The van der Waals surface area contributed by atoms with E-state index in [1.807, 2.05) is 30.6 Å². The molecule has 1 aromatic carbocycles. The highest BCUT2D eigenvalue weighted by Crippen LogP contribution is 2.22. The van der Waals surface area contributed by atoms with Crippen LogP contribution in [0.1, 0.15) is 16.7 Å². The average Bonchev–Trinajstić information content (AvgIpc) is 2.41. The summed E-state index contributed by atoms with van der Waals surface area (Å²) in [5.41, 5.74) is 3.61. The smallest absolute Gasteiger partial charge is 0.123 e. The maximum Gasteiger partial charge on any atom is 0.123 e. The number of pyridine rings is 1. The number of ether oxygens (including phenoxy) is 1. The fourth-order valence-electron chi connectivity index (χ4n) is 1.92. The molecule has 0 unspecified atom stereocenters. The van der Waals surface area contributed by atoms with E-state index in [0.717, 1.165) is 28.9 Å². The minimum absolute atomic E-state index is 0.768. The van der Waals surface area contributed by atoms with Gasteiger partial charge in [-0.05, 0) is 42.3 Å². The molecule has 2 rings (SSSR count). The Hall–Kier alpha value is -1.39. The second-order valence-corrected chi connectivity index (χ2v) is 5.28. The lowest BCUT2D eigenvalue weighted by Gasteiger charge is -2.11. The average molecular weight is 321 g/mol. The molecule has 0 amide bonds. The van der Waals surface area contributed by atoms with Crippen LogP contribution in [-0.2, 0) is 13.1 Å². The van der Waals surface area contributed by atoms with Crippen LogP contribution in [-0.4, -0.2) is 12.1 Å². The molecule has 19 heavy (non-hydrogen) atoms. The van der Waals surface area contributed by atoms with Crippen molar-refractivity contribution >= 4 is 15.9 Å². The Morgan fingerprint density at radius 1 is 1.21 bits per heavy atom. The SMILES string of the molecule is COc1ccc(Br)cc1CNCc1ccncc1C. The first-order valence-corrected chi connectivity index (χ1v) is 6.92. The lowest BCUT2D eigenvalue weighted by Crippen LogP contribution is -2.14. The number of rotatable bonds is 5. The minimum Gasteiger partial charge on any atom is -0.496 e. The first-order valence-electron chi connectivity index (χ1n) is 6.13. The van der Waals surface area contributed by atoms with Crippen molar-refractivity contribution in [2.45, 2.75) is 20.0 Å². The van der Waals surface area contributed by atoms with Crippen LogP contribution in [0.4, 0.5) is 0 Å². The highest BCUT2D eigenvalue weighted by Gasteiger charge is 2.04. The van der Waals surface area contributed by atoms with Gasteiger partial charge in [0.1, 0.15) is 5.75 Å². The summed E-state index contributed by atoms with van der Waals surface area (Å²) in [4.78, 5) is 4.10. The molecule has 1 aromatic heterocycles. The predicted octanol–water partition coefficient (Wildman–Crippen LogP) is 3.45. The van der Waals surface area contributed by atoms with Crippen LogP contribution >= 0.6 is 15.9 Å². The molecule has 0 aliphatic heterocycles. The van der Waals surface area contributed by atoms with Gasteiger partial charge in [0, 0.05) is 35.5 Å². The number of aromatic nitrogens is 1. The van der Waals surface area contributed by atoms with Gasteiger partial charge in [0.25, 0.3) is 0 Å². The van der Waals surface area contributed by atoms with Gasteiger partial charge in [0.05, 0.1) is 7.11 Å². The third-order valence-electron chi connectivity index (χ3n) is 3.01. The van der Waals surface area contributed by atoms with Crippen molar-refractivity contribution < 1.29 is 4.74 Å². The second kappa shape index (κ2) is 6.68. The van der Waals surface area contributed by atoms with E-state index in [1.54, 1.807) is 7.11 Å². The van der Waals surface area contributed by atoms with Gasteiger partial charge in [-0.3, -0.25) is 4.98 Å². The molecule has 1 heterocycles. The summed E-state index contributed by atoms with van der Waals surface area (Å²) < 4.78 is 6.42. The summed E-state index contributed by atoms with van der Waals surface area (Å²) in [5.74, 6) is 0.905. The van der Waals surface area contributed by atoms with Gasteiger partial charge >= 0.3 is 0 Å². The van der Waals surface area contributed by atoms with Gasteiger partial charge in [-0.2, -0.15) is 0 Å². The summed E-state index contributed by atoms with van der Waals surface area (Å²) in [7, 11) is 1.69. The fraction of sp³-hybridized carbons (Fsp3) is 0.267. The van der Waals surface area contributed by atoms with E-state index in [-0.39, 0.29) is 0 Å². The van der Waals surface area contributed by atoms with Crippen LogP contribution in [0.25, 0.3) is 0 Å². The zero-order chi connectivity index (χ0) is 13.7. The molecule has 4 heteroatoms. The Morgan fingerprint density at radius 3 is 2.74 bits per heavy atom. The molecular formula is C15H17BrN2O. The quantitative estimate of drug-likeness (QED) is 0.916. The third kappa shape index (κ3) is 3.78. The Morgan fingerprint density at radius 2 is 2.00 bits per heavy atom. The van der Waals surface area contributed by atoms with Gasteiger partial charge in [-0.1, -0.05) is 15.9 Å². The summed E-state index contributed by atoms with van der Waals surface area (Å²) in [5, 5.41) is 3.43. The van der Waals surface area contributed by atoms with Gasteiger partial charge < -0.3 is 10.1 Å². The van der Waals surface area contributed by atoms with E-state index in [1.165, 1.54) is 11.1 Å². The van der Waals surface area contributed by atoms with E-state index in [4.69, 9.17) is 4.74 Å². The van der Waals surface area contributed by atoms with Gasteiger partial charge in [0.15, 0.2) is 0 Å².